The zero-order valence-corrected chi connectivity index (χ0v) is 15.7. The number of fused-ring (bicyclic) bond motifs is 5. The highest BCUT2D eigenvalue weighted by Crippen LogP contribution is 2.67. The molecule has 7 atom stereocenters. The van der Waals surface area contributed by atoms with E-state index in [4.69, 9.17) is 0 Å². The fourth-order valence-corrected chi connectivity index (χ4v) is 7.28. The molecule has 3 fully saturated rings. The van der Waals surface area contributed by atoms with Crippen LogP contribution in [0, 0.1) is 28.6 Å². The summed E-state index contributed by atoms with van der Waals surface area (Å²) in [7, 11) is 0. The van der Waals surface area contributed by atoms with Crippen molar-refractivity contribution in [2.45, 2.75) is 70.5 Å². The van der Waals surface area contributed by atoms with E-state index in [1.807, 2.05) is 6.92 Å². The number of Topliss-reactive ketones (excluding diaryl/α,β-unsaturated/α-hetero) is 1. The Labute approximate surface area is 154 Å². The monoisotopic (exact) mass is 362 g/mol. The van der Waals surface area contributed by atoms with Gasteiger partial charge in [-0.1, -0.05) is 19.4 Å². The molecule has 0 heterocycles. The van der Waals surface area contributed by atoms with Crippen LogP contribution in [0.25, 0.3) is 0 Å². The van der Waals surface area contributed by atoms with Gasteiger partial charge in [0.05, 0.1) is 6.10 Å². The summed E-state index contributed by atoms with van der Waals surface area (Å²) in [5, 5.41) is 31.7. The maximum Gasteiger partial charge on any atom is 0.190 e. The molecule has 4 aliphatic carbocycles. The van der Waals surface area contributed by atoms with Crippen molar-refractivity contribution in [2.75, 3.05) is 6.61 Å². The van der Waals surface area contributed by atoms with Gasteiger partial charge in [0.25, 0.3) is 0 Å². The van der Waals surface area contributed by atoms with Crippen LogP contribution in [-0.4, -0.2) is 45.2 Å². The quantitative estimate of drug-likeness (QED) is 0.696. The molecular formula is C21H30O5. The number of hydrogen-bond donors (Lipinski definition) is 3. The van der Waals surface area contributed by atoms with Crippen LogP contribution < -0.4 is 0 Å². The summed E-state index contributed by atoms with van der Waals surface area (Å²) in [6.45, 7) is 3.46. The number of allylic oxidation sites excluding steroid dienone is 1. The first-order valence-corrected chi connectivity index (χ1v) is 9.96. The summed E-state index contributed by atoms with van der Waals surface area (Å²) >= 11 is 0. The molecule has 0 amide bonds. The predicted molar refractivity (Wildman–Crippen MR) is 95.1 cm³/mol. The number of hydrogen-bond acceptors (Lipinski definition) is 5. The Kier molecular flexibility index (Phi) is 4.04. The van der Waals surface area contributed by atoms with Crippen LogP contribution in [0.15, 0.2) is 11.6 Å². The second kappa shape index (κ2) is 5.73. The molecule has 5 nitrogen and oxygen atoms in total. The number of ketones is 2. The second-order valence-corrected chi connectivity index (χ2v) is 9.56. The minimum atomic E-state index is -1.54. The van der Waals surface area contributed by atoms with Crippen molar-refractivity contribution in [3.63, 3.8) is 0 Å². The zero-order valence-electron chi connectivity index (χ0n) is 15.7. The third-order valence-electron chi connectivity index (χ3n) is 8.65. The Balaban J connectivity index is 1.74. The molecule has 0 aliphatic heterocycles. The third kappa shape index (κ3) is 2.14. The Morgan fingerprint density at radius 1 is 1.23 bits per heavy atom. The molecule has 0 radical (unpaired) electrons. The summed E-state index contributed by atoms with van der Waals surface area (Å²) in [6.07, 6.45) is 5.74. The lowest BCUT2D eigenvalue weighted by Gasteiger charge is -2.60. The maximum absolute atomic E-state index is 12.4. The van der Waals surface area contributed by atoms with E-state index in [0.29, 0.717) is 19.3 Å². The van der Waals surface area contributed by atoms with E-state index in [1.54, 1.807) is 6.08 Å². The van der Waals surface area contributed by atoms with Gasteiger partial charge in [-0.2, -0.15) is 0 Å². The highest BCUT2D eigenvalue weighted by molar-refractivity contribution is 5.91. The van der Waals surface area contributed by atoms with Gasteiger partial charge < -0.3 is 15.3 Å². The third-order valence-corrected chi connectivity index (χ3v) is 8.65. The van der Waals surface area contributed by atoms with Crippen molar-refractivity contribution in [3.05, 3.63) is 11.6 Å². The van der Waals surface area contributed by atoms with Crippen molar-refractivity contribution in [3.8, 4) is 0 Å². The molecular weight excluding hydrogens is 332 g/mol. The lowest BCUT2D eigenvalue weighted by atomic mass is 9.45. The maximum atomic E-state index is 12.4. The van der Waals surface area contributed by atoms with Crippen LogP contribution in [0.4, 0.5) is 0 Å². The number of aliphatic hydroxyl groups is 3. The van der Waals surface area contributed by atoms with Crippen LogP contribution in [0.2, 0.25) is 0 Å². The average Bonchev–Trinajstić information content (AvgIpc) is 2.86. The van der Waals surface area contributed by atoms with E-state index in [0.717, 1.165) is 25.7 Å². The predicted octanol–water partition coefficient (Wildman–Crippen LogP) is 1.78. The van der Waals surface area contributed by atoms with Crippen LogP contribution in [-0.2, 0) is 9.59 Å². The standard InChI is InChI=1S/C21H30O5/c1-19-7-5-13(23)9-12(19)3-4-14-15-6-8-21(26,17(25)11-22)20(15,2)10-16(24)18(14)19/h9,14-16,18,22,24,26H,3-8,10-11H2,1-2H3/t14-,15-,16-,18+,19?,20?,21-/m0/s1. The topological polar surface area (TPSA) is 94.8 Å². The van der Waals surface area contributed by atoms with E-state index in [9.17, 15) is 24.9 Å². The summed E-state index contributed by atoms with van der Waals surface area (Å²) in [5.74, 6) is 0.140. The van der Waals surface area contributed by atoms with Gasteiger partial charge in [-0.25, -0.2) is 0 Å². The highest BCUT2D eigenvalue weighted by Gasteiger charge is 2.68. The van der Waals surface area contributed by atoms with E-state index in [1.165, 1.54) is 5.57 Å². The molecule has 26 heavy (non-hydrogen) atoms. The van der Waals surface area contributed by atoms with E-state index < -0.39 is 29.5 Å². The molecule has 4 rings (SSSR count). The Hall–Kier alpha value is -1.04. The largest absolute Gasteiger partial charge is 0.393 e. The van der Waals surface area contributed by atoms with Gasteiger partial charge >= 0.3 is 0 Å². The summed E-state index contributed by atoms with van der Waals surface area (Å²) in [6, 6.07) is 0. The molecule has 0 aromatic heterocycles. The van der Waals surface area contributed by atoms with Crippen LogP contribution in [0.5, 0.6) is 0 Å². The normalized spacial score (nSPS) is 50.5. The van der Waals surface area contributed by atoms with E-state index >= 15 is 0 Å². The Morgan fingerprint density at radius 2 is 1.96 bits per heavy atom. The number of carbonyl (C=O) groups excluding carboxylic acids is 2. The number of carbonyl (C=O) groups is 2. The lowest BCUT2D eigenvalue weighted by Crippen LogP contribution is -2.62. The van der Waals surface area contributed by atoms with Gasteiger partial charge in [-0.3, -0.25) is 9.59 Å². The van der Waals surface area contributed by atoms with Gasteiger partial charge in [0.2, 0.25) is 0 Å². The SMILES string of the molecule is CC12CCC(=O)C=C1CC[C@@H]1[C@@H]2[C@@H](O)CC2(C)[C@H]1CC[C@]2(O)C(=O)CO. The Bertz CT molecular complexity index is 684. The minimum absolute atomic E-state index is 0.0697. The first-order chi connectivity index (χ1) is 12.2. The molecule has 144 valence electrons. The van der Waals surface area contributed by atoms with Gasteiger partial charge in [0, 0.05) is 11.8 Å². The molecule has 3 N–H and O–H groups in total. The van der Waals surface area contributed by atoms with Crippen LogP contribution in [0.3, 0.4) is 0 Å². The first-order valence-electron chi connectivity index (χ1n) is 9.96. The van der Waals surface area contributed by atoms with Crippen molar-refractivity contribution >= 4 is 11.6 Å². The summed E-state index contributed by atoms with van der Waals surface area (Å²) < 4.78 is 0. The molecule has 0 spiro atoms. The van der Waals surface area contributed by atoms with Crippen molar-refractivity contribution in [2.24, 2.45) is 28.6 Å². The number of rotatable bonds is 2. The molecule has 0 saturated heterocycles. The van der Waals surface area contributed by atoms with Crippen molar-refractivity contribution in [1.29, 1.82) is 0 Å². The summed E-state index contributed by atoms with van der Waals surface area (Å²) in [4.78, 5) is 24.3. The minimum Gasteiger partial charge on any atom is -0.393 e. The molecule has 4 aliphatic rings. The van der Waals surface area contributed by atoms with Crippen LogP contribution >= 0.6 is 0 Å². The highest BCUT2D eigenvalue weighted by atomic mass is 16.3. The smallest absolute Gasteiger partial charge is 0.190 e. The lowest BCUT2D eigenvalue weighted by molar-refractivity contribution is -0.182. The molecule has 2 unspecified atom stereocenters. The van der Waals surface area contributed by atoms with E-state index in [2.05, 4.69) is 6.92 Å². The number of aliphatic hydroxyl groups excluding tert-OH is 2. The fourth-order valence-electron chi connectivity index (χ4n) is 7.28. The molecule has 0 aromatic carbocycles. The molecule has 0 aromatic rings. The fraction of sp³-hybridized carbons (Fsp3) is 0.810. The molecule has 5 heteroatoms. The first kappa shape index (κ1) is 18.3. The second-order valence-electron chi connectivity index (χ2n) is 9.56. The molecule has 0 bridgehead atoms. The van der Waals surface area contributed by atoms with Gasteiger partial charge in [0.15, 0.2) is 11.6 Å². The Morgan fingerprint density at radius 3 is 2.65 bits per heavy atom. The average molecular weight is 362 g/mol. The summed E-state index contributed by atoms with van der Waals surface area (Å²) in [5.41, 5.74) is -1.23. The van der Waals surface area contributed by atoms with Gasteiger partial charge in [0.1, 0.15) is 12.2 Å². The van der Waals surface area contributed by atoms with Crippen molar-refractivity contribution < 1.29 is 24.9 Å². The van der Waals surface area contributed by atoms with E-state index in [-0.39, 0.29) is 29.0 Å². The van der Waals surface area contributed by atoms with Gasteiger partial charge in [-0.15, -0.1) is 0 Å². The van der Waals surface area contributed by atoms with Gasteiger partial charge in [-0.05, 0) is 67.8 Å². The van der Waals surface area contributed by atoms with Crippen molar-refractivity contribution in [1.82, 2.24) is 0 Å². The van der Waals surface area contributed by atoms with Crippen LogP contribution in [0.1, 0.15) is 58.8 Å². The zero-order chi connectivity index (χ0) is 18.9. The molecule has 3 saturated carbocycles.